The molecular weight excluding hydrogens is 399 g/mol. The molecule has 0 bridgehead atoms. The van der Waals surface area contributed by atoms with E-state index < -0.39 is 23.4 Å². The number of urea groups is 1. The minimum absolute atomic E-state index is 0.0305. The first-order chi connectivity index (χ1) is 14.5. The molecule has 1 aliphatic carbocycles. The number of nitrogens with zero attached hydrogens (tertiary/aromatic N) is 3. The van der Waals surface area contributed by atoms with E-state index in [-0.39, 0.29) is 29.6 Å². The largest absolute Gasteiger partial charge is 0.326 e. The Bertz CT molecular complexity index is 920. The maximum absolute atomic E-state index is 14.2. The number of carbonyl (C=O) groups is 3. The molecule has 4 amide bonds. The third kappa shape index (κ3) is 3.82. The van der Waals surface area contributed by atoms with E-state index in [4.69, 9.17) is 0 Å². The molecule has 0 radical (unpaired) electrons. The van der Waals surface area contributed by atoms with Crippen LogP contribution in [-0.2, 0) is 9.59 Å². The maximum Gasteiger partial charge on any atom is 0.326 e. The minimum atomic E-state index is -0.863. The SMILES string of the molecule is CC1CC(C)(C)CC2(C1)NC(=O)N(CN(C)C1CCN(c3ccccc3F)C1=O)C2=O. The number of carbonyl (C=O) groups excluding carboxylic acids is 3. The van der Waals surface area contributed by atoms with Crippen molar-refractivity contribution in [1.29, 1.82) is 0 Å². The second-order valence-electron chi connectivity index (χ2n) is 10.2. The van der Waals surface area contributed by atoms with Crippen molar-refractivity contribution in [3.05, 3.63) is 30.1 Å². The Hall–Kier alpha value is -2.48. The Kier molecular flexibility index (Phi) is 5.32. The summed E-state index contributed by atoms with van der Waals surface area (Å²) in [6.45, 7) is 6.80. The highest BCUT2D eigenvalue weighted by Gasteiger charge is 2.56. The molecule has 3 fully saturated rings. The van der Waals surface area contributed by atoms with Gasteiger partial charge in [0.25, 0.3) is 5.91 Å². The summed E-state index contributed by atoms with van der Waals surface area (Å²) < 4.78 is 14.2. The van der Waals surface area contributed by atoms with Gasteiger partial charge in [0.1, 0.15) is 11.4 Å². The van der Waals surface area contributed by atoms with Gasteiger partial charge in [-0.2, -0.15) is 0 Å². The zero-order valence-corrected chi connectivity index (χ0v) is 18.7. The molecule has 1 aromatic carbocycles. The van der Waals surface area contributed by atoms with Crippen molar-refractivity contribution < 1.29 is 18.8 Å². The van der Waals surface area contributed by atoms with Crippen molar-refractivity contribution in [1.82, 2.24) is 15.1 Å². The van der Waals surface area contributed by atoms with E-state index in [1.165, 1.54) is 15.9 Å². The number of hydrogen-bond donors (Lipinski definition) is 1. The number of para-hydroxylation sites is 1. The second kappa shape index (κ2) is 7.58. The first-order valence-electron chi connectivity index (χ1n) is 10.9. The van der Waals surface area contributed by atoms with Crippen LogP contribution in [0.4, 0.5) is 14.9 Å². The molecule has 7 nitrogen and oxygen atoms in total. The number of rotatable bonds is 4. The average Bonchev–Trinajstić information content (AvgIpc) is 3.13. The van der Waals surface area contributed by atoms with Crippen LogP contribution in [0.15, 0.2) is 24.3 Å². The van der Waals surface area contributed by atoms with Crippen molar-refractivity contribution in [3.8, 4) is 0 Å². The molecule has 2 heterocycles. The van der Waals surface area contributed by atoms with Gasteiger partial charge < -0.3 is 10.2 Å². The van der Waals surface area contributed by atoms with E-state index in [0.717, 1.165) is 6.42 Å². The van der Waals surface area contributed by atoms with E-state index in [9.17, 15) is 18.8 Å². The quantitative estimate of drug-likeness (QED) is 0.746. The molecule has 2 saturated heterocycles. The Labute approximate surface area is 182 Å². The molecule has 168 valence electrons. The summed E-state index contributed by atoms with van der Waals surface area (Å²) in [6.07, 6.45) is 2.76. The topological polar surface area (TPSA) is 73.0 Å². The molecule has 2 aliphatic heterocycles. The number of amides is 4. The summed E-state index contributed by atoms with van der Waals surface area (Å²) >= 11 is 0. The third-order valence-corrected chi connectivity index (χ3v) is 6.84. The lowest BCUT2D eigenvalue weighted by Gasteiger charge is -2.44. The summed E-state index contributed by atoms with van der Waals surface area (Å²) in [5, 5.41) is 2.97. The Balaban J connectivity index is 1.47. The van der Waals surface area contributed by atoms with Crippen molar-refractivity contribution in [2.24, 2.45) is 11.3 Å². The van der Waals surface area contributed by atoms with Gasteiger partial charge in [0.15, 0.2) is 0 Å². The molecular formula is C23H31FN4O3. The number of anilines is 1. The van der Waals surface area contributed by atoms with Crippen LogP contribution in [0.25, 0.3) is 0 Å². The fraction of sp³-hybridized carbons (Fsp3) is 0.609. The molecule has 3 unspecified atom stereocenters. The Morgan fingerprint density at radius 2 is 1.90 bits per heavy atom. The number of nitrogens with one attached hydrogen (secondary N) is 1. The van der Waals surface area contributed by atoms with Gasteiger partial charge in [-0.05, 0) is 56.2 Å². The molecule has 31 heavy (non-hydrogen) atoms. The lowest BCUT2D eigenvalue weighted by molar-refractivity contribution is -0.137. The standard InChI is InChI=1S/C23H31FN4O3/c1-15-11-22(2,3)13-23(12-15)20(30)28(21(31)25-23)14-26(4)18-9-10-27(19(18)29)17-8-6-5-7-16(17)24/h5-8,15,18H,9-14H2,1-4H3,(H,25,31). The molecule has 1 aromatic rings. The number of likely N-dealkylation sites (N-methyl/N-ethyl adjacent to an activating group) is 1. The molecule has 3 aliphatic rings. The predicted octanol–water partition coefficient (Wildman–Crippen LogP) is 2.96. The number of imide groups is 1. The molecule has 3 atom stereocenters. The van der Waals surface area contributed by atoms with Gasteiger partial charge in [-0.25, -0.2) is 14.1 Å². The molecule has 0 aromatic heterocycles. The van der Waals surface area contributed by atoms with Crippen LogP contribution in [0.1, 0.15) is 46.5 Å². The summed E-state index contributed by atoms with van der Waals surface area (Å²) in [5.41, 5.74) is -0.641. The van der Waals surface area contributed by atoms with E-state index in [0.29, 0.717) is 31.7 Å². The van der Waals surface area contributed by atoms with Crippen molar-refractivity contribution >= 4 is 23.5 Å². The van der Waals surface area contributed by atoms with Crippen LogP contribution in [0.5, 0.6) is 0 Å². The third-order valence-electron chi connectivity index (χ3n) is 6.84. The molecule has 1 N–H and O–H groups in total. The molecule has 4 rings (SSSR count). The van der Waals surface area contributed by atoms with Gasteiger partial charge in [0, 0.05) is 6.54 Å². The van der Waals surface area contributed by atoms with E-state index in [1.807, 2.05) is 0 Å². The fourth-order valence-electron chi connectivity index (χ4n) is 5.94. The maximum atomic E-state index is 14.2. The summed E-state index contributed by atoms with van der Waals surface area (Å²) in [6, 6.07) is 5.28. The van der Waals surface area contributed by atoms with Crippen LogP contribution in [0.3, 0.4) is 0 Å². The summed E-state index contributed by atoms with van der Waals surface area (Å²) in [7, 11) is 1.73. The highest BCUT2D eigenvalue weighted by atomic mass is 19.1. The fourth-order valence-corrected chi connectivity index (χ4v) is 5.94. The smallest absolute Gasteiger partial charge is 0.323 e. The summed E-state index contributed by atoms with van der Waals surface area (Å²) in [4.78, 5) is 43.5. The average molecular weight is 431 g/mol. The van der Waals surface area contributed by atoms with Crippen molar-refractivity contribution in [3.63, 3.8) is 0 Å². The Morgan fingerprint density at radius 3 is 2.58 bits per heavy atom. The number of benzene rings is 1. The Morgan fingerprint density at radius 1 is 1.19 bits per heavy atom. The van der Waals surface area contributed by atoms with Crippen molar-refractivity contribution in [2.45, 2.75) is 58.0 Å². The van der Waals surface area contributed by atoms with Crippen LogP contribution in [0, 0.1) is 17.2 Å². The highest BCUT2D eigenvalue weighted by Crippen LogP contribution is 2.46. The number of hydrogen-bond acceptors (Lipinski definition) is 4. The van der Waals surface area contributed by atoms with Gasteiger partial charge in [-0.1, -0.05) is 32.9 Å². The van der Waals surface area contributed by atoms with E-state index in [1.54, 1.807) is 30.1 Å². The monoisotopic (exact) mass is 430 g/mol. The first kappa shape index (κ1) is 21.7. The molecule has 1 spiro atoms. The lowest BCUT2D eigenvalue weighted by atomic mass is 9.64. The summed E-state index contributed by atoms with van der Waals surface area (Å²) in [5.74, 6) is -0.539. The molecule has 1 saturated carbocycles. The van der Waals surface area contributed by atoms with E-state index >= 15 is 0 Å². The normalized spacial score (nSPS) is 30.6. The second-order valence-corrected chi connectivity index (χ2v) is 10.2. The van der Waals surface area contributed by atoms with Crippen molar-refractivity contribution in [2.75, 3.05) is 25.2 Å². The minimum Gasteiger partial charge on any atom is -0.323 e. The van der Waals surface area contributed by atoms with Gasteiger partial charge in [-0.15, -0.1) is 0 Å². The number of halogens is 1. The van der Waals surface area contributed by atoms with Gasteiger partial charge in [0.05, 0.1) is 18.4 Å². The van der Waals surface area contributed by atoms with E-state index in [2.05, 4.69) is 26.1 Å². The lowest BCUT2D eigenvalue weighted by Crippen LogP contribution is -2.54. The van der Waals surface area contributed by atoms with Crippen LogP contribution in [-0.4, -0.2) is 59.5 Å². The highest BCUT2D eigenvalue weighted by molar-refractivity contribution is 6.07. The first-order valence-corrected chi connectivity index (χ1v) is 10.9. The zero-order valence-electron chi connectivity index (χ0n) is 18.7. The molecule has 8 heteroatoms. The van der Waals surface area contributed by atoms with Crippen LogP contribution >= 0.6 is 0 Å². The van der Waals surface area contributed by atoms with Gasteiger partial charge in [-0.3, -0.25) is 14.5 Å². The van der Waals surface area contributed by atoms with Crippen LogP contribution < -0.4 is 10.2 Å². The zero-order chi connectivity index (χ0) is 22.6. The van der Waals surface area contributed by atoms with Crippen LogP contribution in [0.2, 0.25) is 0 Å². The predicted molar refractivity (Wildman–Crippen MR) is 115 cm³/mol. The van der Waals surface area contributed by atoms with Gasteiger partial charge in [0.2, 0.25) is 5.91 Å². The van der Waals surface area contributed by atoms with Gasteiger partial charge >= 0.3 is 6.03 Å².